The Labute approximate surface area is 182 Å². The molecular weight excluding hydrogens is 392 g/mol. The number of hydrogen-bond acceptors (Lipinski definition) is 4. The number of carbonyl (C=O) groups excluding carboxylic acids is 2. The molecule has 0 aliphatic carbocycles. The number of piperidine rings is 1. The lowest BCUT2D eigenvalue weighted by atomic mass is 9.96. The SMILES string of the molecule is Cc1nn(Cc2ccccc2)c(C)c1CNC(=O)[C@H]1CCCN(C(=O)c2ccco2)C1. The maximum atomic E-state index is 12.8. The number of hydrogen-bond donors (Lipinski definition) is 1. The van der Waals surface area contributed by atoms with Gasteiger partial charge in [0.1, 0.15) is 0 Å². The van der Waals surface area contributed by atoms with Crippen molar-refractivity contribution < 1.29 is 14.0 Å². The molecule has 1 N–H and O–H groups in total. The minimum Gasteiger partial charge on any atom is -0.459 e. The predicted molar refractivity (Wildman–Crippen MR) is 116 cm³/mol. The number of benzene rings is 1. The molecule has 162 valence electrons. The fourth-order valence-electron chi connectivity index (χ4n) is 4.15. The third-order valence-corrected chi connectivity index (χ3v) is 5.96. The van der Waals surface area contributed by atoms with Crippen LogP contribution in [0, 0.1) is 19.8 Å². The van der Waals surface area contributed by atoms with Gasteiger partial charge in [0.25, 0.3) is 5.91 Å². The van der Waals surface area contributed by atoms with E-state index in [1.807, 2.05) is 36.7 Å². The van der Waals surface area contributed by atoms with E-state index in [1.165, 1.54) is 11.8 Å². The Morgan fingerprint density at radius 3 is 2.71 bits per heavy atom. The summed E-state index contributed by atoms with van der Waals surface area (Å²) < 4.78 is 7.20. The molecule has 1 saturated heterocycles. The average Bonchev–Trinajstić information content (AvgIpc) is 3.41. The van der Waals surface area contributed by atoms with Crippen LogP contribution >= 0.6 is 0 Å². The summed E-state index contributed by atoms with van der Waals surface area (Å²) in [7, 11) is 0. The van der Waals surface area contributed by atoms with Crippen LogP contribution in [0.5, 0.6) is 0 Å². The second-order valence-corrected chi connectivity index (χ2v) is 8.08. The first kappa shape index (κ1) is 20.9. The zero-order chi connectivity index (χ0) is 21.8. The highest BCUT2D eigenvalue weighted by molar-refractivity contribution is 5.92. The van der Waals surface area contributed by atoms with E-state index < -0.39 is 0 Å². The van der Waals surface area contributed by atoms with E-state index >= 15 is 0 Å². The first-order valence-corrected chi connectivity index (χ1v) is 10.7. The van der Waals surface area contributed by atoms with Crippen molar-refractivity contribution in [2.75, 3.05) is 13.1 Å². The normalized spacial score (nSPS) is 16.3. The molecule has 0 unspecified atom stereocenters. The number of aryl methyl sites for hydroxylation is 1. The Morgan fingerprint density at radius 1 is 1.16 bits per heavy atom. The Morgan fingerprint density at radius 2 is 1.97 bits per heavy atom. The van der Waals surface area contributed by atoms with Crippen molar-refractivity contribution >= 4 is 11.8 Å². The standard InChI is InChI=1S/C24H28N4O3/c1-17-21(18(2)28(26-17)15-19-8-4-3-5-9-19)14-25-23(29)20-10-6-12-27(16-20)24(30)22-11-7-13-31-22/h3-5,7-9,11,13,20H,6,10,12,14-16H2,1-2H3,(H,25,29)/t20-/m0/s1. The molecule has 7 heteroatoms. The van der Waals surface area contributed by atoms with Crippen LogP contribution in [-0.2, 0) is 17.9 Å². The number of carbonyl (C=O) groups is 2. The maximum Gasteiger partial charge on any atom is 0.289 e. The lowest BCUT2D eigenvalue weighted by molar-refractivity contribution is -0.126. The molecule has 0 spiro atoms. The molecule has 1 atom stereocenters. The van der Waals surface area contributed by atoms with Crippen LogP contribution in [0.2, 0.25) is 0 Å². The van der Waals surface area contributed by atoms with Crippen LogP contribution in [0.1, 0.15) is 45.9 Å². The van der Waals surface area contributed by atoms with Crippen molar-refractivity contribution in [1.29, 1.82) is 0 Å². The third-order valence-electron chi connectivity index (χ3n) is 5.96. The molecule has 3 heterocycles. The molecule has 0 radical (unpaired) electrons. The number of rotatable bonds is 6. The second-order valence-electron chi connectivity index (χ2n) is 8.08. The molecule has 1 fully saturated rings. The van der Waals surface area contributed by atoms with E-state index in [0.717, 1.165) is 29.8 Å². The van der Waals surface area contributed by atoms with Gasteiger partial charge in [0.15, 0.2) is 5.76 Å². The molecule has 2 amide bonds. The quantitative estimate of drug-likeness (QED) is 0.663. The molecule has 1 aromatic carbocycles. The summed E-state index contributed by atoms with van der Waals surface area (Å²) in [6.45, 7) is 6.21. The van der Waals surface area contributed by atoms with Gasteiger partial charge < -0.3 is 14.6 Å². The molecular formula is C24H28N4O3. The zero-order valence-electron chi connectivity index (χ0n) is 18.0. The van der Waals surface area contributed by atoms with Crippen LogP contribution in [0.25, 0.3) is 0 Å². The van der Waals surface area contributed by atoms with Gasteiger partial charge in [-0.15, -0.1) is 0 Å². The fourth-order valence-corrected chi connectivity index (χ4v) is 4.15. The van der Waals surface area contributed by atoms with Gasteiger partial charge in [-0.2, -0.15) is 5.10 Å². The van der Waals surface area contributed by atoms with Gasteiger partial charge >= 0.3 is 0 Å². The van der Waals surface area contributed by atoms with Crippen LogP contribution in [-0.4, -0.2) is 39.6 Å². The fraction of sp³-hybridized carbons (Fsp3) is 0.375. The highest BCUT2D eigenvalue weighted by Crippen LogP contribution is 2.20. The summed E-state index contributed by atoms with van der Waals surface area (Å²) in [4.78, 5) is 27.1. The van der Waals surface area contributed by atoms with Gasteiger partial charge in [0, 0.05) is 30.9 Å². The summed E-state index contributed by atoms with van der Waals surface area (Å²) in [6.07, 6.45) is 3.07. The van der Waals surface area contributed by atoms with Crippen LogP contribution in [0.3, 0.4) is 0 Å². The molecule has 1 aliphatic heterocycles. The molecule has 4 rings (SSSR count). The van der Waals surface area contributed by atoms with Gasteiger partial charge in [0.2, 0.25) is 5.91 Å². The summed E-state index contributed by atoms with van der Waals surface area (Å²) in [5.74, 6) is -0.0753. The van der Waals surface area contributed by atoms with Gasteiger partial charge in [-0.05, 0) is 44.4 Å². The van der Waals surface area contributed by atoms with E-state index in [0.29, 0.717) is 31.9 Å². The number of nitrogens with one attached hydrogen (secondary N) is 1. The summed E-state index contributed by atoms with van der Waals surface area (Å²) in [5, 5.41) is 7.73. The molecule has 7 nitrogen and oxygen atoms in total. The number of likely N-dealkylation sites (tertiary alicyclic amines) is 1. The van der Waals surface area contributed by atoms with E-state index in [1.54, 1.807) is 17.0 Å². The largest absolute Gasteiger partial charge is 0.459 e. The zero-order valence-corrected chi connectivity index (χ0v) is 18.0. The number of furan rings is 1. The summed E-state index contributed by atoms with van der Waals surface area (Å²) >= 11 is 0. The first-order chi connectivity index (χ1) is 15.0. The minimum atomic E-state index is -0.215. The Balaban J connectivity index is 1.37. The van der Waals surface area contributed by atoms with Crippen LogP contribution < -0.4 is 5.32 Å². The monoisotopic (exact) mass is 420 g/mol. The van der Waals surface area contributed by atoms with Gasteiger partial charge in [-0.25, -0.2) is 0 Å². The molecule has 0 bridgehead atoms. The highest BCUT2D eigenvalue weighted by atomic mass is 16.3. The van der Waals surface area contributed by atoms with Crippen molar-refractivity contribution in [1.82, 2.24) is 20.0 Å². The molecule has 0 saturated carbocycles. The van der Waals surface area contributed by atoms with Gasteiger partial charge in [-0.3, -0.25) is 14.3 Å². The highest BCUT2D eigenvalue weighted by Gasteiger charge is 2.30. The molecule has 3 aromatic rings. The van der Waals surface area contributed by atoms with Crippen molar-refractivity contribution in [2.45, 2.75) is 39.8 Å². The minimum absolute atomic E-state index is 0.0217. The number of nitrogens with zero attached hydrogens (tertiary/aromatic N) is 3. The Kier molecular flexibility index (Phi) is 6.21. The Bertz CT molecular complexity index is 1040. The smallest absolute Gasteiger partial charge is 0.289 e. The lowest BCUT2D eigenvalue weighted by Crippen LogP contribution is -2.45. The number of amides is 2. The van der Waals surface area contributed by atoms with Gasteiger partial charge in [-0.1, -0.05) is 30.3 Å². The second kappa shape index (κ2) is 9.20. The van der Waals surface area contributed by atoms with Crippen LogP contribution in [0.15, 0.2) is 53.1 Å². The predicted octanol–water partition coefficient (Wildman–Crippen LogP) is 3.31. The van der Waals surface area contributed by atoms with E-state index in [4.69, 9.17) is 4.42 Å². The van der Waals surface area contributed by atoms with Crippen LogP contribution in [0.4, 0.5) is 0 Å². The Hall–Kier alpha value is -3.35. The molecule has 31 heavy (non-hydrogen) atoms. The first-order valence-electron chi connectivity index (χ1n) is 10.7. The van der Waals surface area contributed by atoms with Crippen molar-refractivity contribution in [3.8, 4) is 0 Å². The maximum absolute atomic E-state index is 12.8. The van der Waals surface area contributed by atoms with Crippen molar-refractivity contribution in [3.63, 3.8) is 0 Å². The van der Waals surface area contributed by atoms with Gasteiger partial charge in [0.05, 0.1) is 24.4 Å². The molecule has 1 aliphatic rings. The average molecular weight is 421 g/mol. The third kappa shape index (κ3) is 4.71. The summed E-state index contributed by atoms with van der Waals surface area (Å²) in [5.41, 5.74) is 4.21. The van der Waals surface area contributed by atoms with E-state index in [-0.39, 0.29) is 17.7 Å². The van der Waals surface area contributed by atoms with Crippen molar-refractivity contribution in [2.24, 2.45) is 5.92 Å². The lowest BCUT2D eigenvalue weighted by Gasteiger charge is -2.31. The summed E-state index contributed by atoms with van der Waals surface area (Å²) in [6, 6.07) is 13.6. The van der Waals surface area contributed by atoms with Crippen molar-refractivity contribution in [3.05, 3.63) is 77.0 Å². The molecule has 2 aromatic heterocycles. The number of aromatic nitrogens is 2. The van der Waals surface area contributed by atoms with E-state index in [9.17, 15) is 9.59 Å². The topological polar surface area (TPSA) is 80.4 Å². The van der Waals surface area contributed by atoms with E-state index in [2.05, 4.69) is 22.5 Å².